The van der Waals surface area contributed by atoms with Crippen LogP contribution in [0, 0.1) is 0 Å². The van der Waals surface area contributed by atoms with E-state index < -0.39 is 0 Å². The third kappa shape index (κ3) is 2.31. The van der Waals surface area contributed by atoms with Crippen LogP contribution in [0.4, 0.5) is 0 Å². The van der Waals surface area contributed by atoms with Gasteiger partial charge in [-0.25, -0.2) is 0 Å². The normalized spacial score (nSPS) is 9.77. The van der Waals surface area contributed by atoms with Crippen molar-refractivity contribution in [2.75, 3.05) is 7.11 Å². The number of rotatable bonds is 3. The maximum absolute atomic E-state index is 11.2. The Balaban J connectivity index is 3.15. The van der Waals surface area contributed by atoms with Crippen molar-refractivity contribution in [3.05, 3.63) is 29.3 Å². The Bertz CT molecular complexity index is 321. The van der Waals surface area contributed by atoms with Gasteiger partial charge in [0.1, 0.15) is 5.75 Å². The number of methoxy groups -OCH3 is 1. The predicted octanol–water partition coefficient (Wildman–Crippen LogP) is 2.79. The van der Waals surface area contributed by atoms with Crippen LogP contribution < -0.4 is 4.74 Å². The van der Waals surface area contributed by atoms with Crippen LogP contribution in [0.2, 0.25) is 0 Å². The number of Topliss-reactive ketones (excluding diaryl/α,β-unsaturated/α-hetero) is 1. The summed E-state index contributed by atoms with van der Waals surface area (Å²) in [6.45, 7) is 1.56. The molecular formula is C10H11BrO2. The summed E-state index contributed by atoms with van der Waals surface area (Å²) in [5.41, 5.74) is 1.71. The second-order valence-electron chi connectivity index (χ2n) is 2.71. The zero-order chi connectivity index (χ0) is 9.84. The number of hydrogen-bond acceptors (Lipinski definition) is 2. The molecule has 0 radical (unpaired) electrons. The summed E-state index contributed by atoms with van der Waals surface area (Å²) >= 11 is 3.33. The van der Waals surface area contributed by atoms with E-state index >= 15 is 0 Å². The molecule has 0 aliphatic rings. The van der Waals surface area contributed by atoms with Gasteiger partial charge in [-0.05, 0) is 30.7 Å². The van der Waals surface area contributed by atoms with Crippen LogP contribution in [0.25, 0.3) is 0 Å². The van der Waals surface area contributed by atoms with Crippen LogP contribution in [0.3, 0.4) is 0 Å². The van der Waals surface area contributed by atoms with E-state index in [0.717, 1.165) is 16.9 Å². The predicted molar refractivity (Wildman–Crippen MR) is 55.6 cm³/mol. The van der Waals surface area contributed by atoms with Crippen LogP contribution in [0.5, 0.6) is 5.75 Å². The molecule has 1 aromatic carbocycles. The van der Waals surface area contributed by atoms with Crippen LogP contribution in [-0.2, 0) is 5.33 Å². The lowest BCUT2D eigenvalue weighted by molar-refractivity contribution is 0.101. The molecule has 0 aliphatic heterocycles. The molecule has 13 heavy (non-hydrogen) atoms. The zero-order valence-electron chi connectivity index (χ0n) is 7.63. The molecule has 1 rings (SSSR count). The van der Waals surface area contributed by atoms with Gasteiger partial charge in [-0.3, -0.25) is 4.79 Å². The fraction of sp³-hybridized carbons (Fsp3) is 0.300. The lowest BCUT2D eigenvalue weighted by Gasteiger charge is -2.06. The van der Waals surface area contributed by atoms with Crippen LogP contribution in [-0.4, -0.2) is 12.9 Å². The van der Waals surface area contributed by atoms with Crippen molar-refractivity contribution in [2.24, 2.45) is 0 Å². The summed E-state index contributed by atoms with van der Waals surface area (Å²) in [5.74, 6) is 0.858. The topological polar surface area (TPSA) is 26.3 Å². The Hall–Kier alpha value is -0.830. The van der Waals surface area contributed by atoms with E-state index in [0.29, 0.717) is 5.33 Å². The zero-order valence-corrected chi connectivity index (χ0v) is 9.22. The largest absolute Gasteiger partial charge is 0.497 e. The van der Waals surface area contributed by atoms with Crippen molar-refractivity contribution >= 4 is 21.7 Å². The van der Waals surface area contributed by atoms with Crippen molar-refractivity contribution in [3.63, 3.8) is 0 Å². The maximum atomic E-state index is 11.2. The molecule has 0 atom stereocenters. The van der Waals surface area contributed by atoms with Gasteiger partial charge in [0.2, 0.25) is 0 Å². The fourth-order valence-electron chi connectivity index (χ4n) is 1.15. The maximum Gasteiger partial charge on any atom is 0.160 e. The highest BCUT2D eigenvalue weighted by molar-refractivity contribution is 9.08. The van der Waals surface area contributed by atoms with E-state index in [9.17, 15) is 4.79 Å². The highest BCUT2D eigenvalue weighted by Gasteiger charge is 2.06. The minimum Gasteiger partial charge on any atom is -0.497 e. The lowest BCUT2D eigenvalue weighted by atomic mass is 10.1. The average molecular weight is 243 g/mol. The fourth-order valence-corrected chi connectivity index (χ4v) is 1.61. The SMILES string of the molecule is COc1ccc(C(C)=O)c(CBr)c1. The molecule has 0 bridgehead atoms. The Morgan fingerprint density at radius 2 is 2.23 bits per heavy atom. The molecule has 0 spiro atoms. The smallest absolute Gasteiger partial charge is 0.160 e. The molecule has 70 valence electrons. The van der Waals surface area contributed by atoms with Gasteiger partial charge < -0.3 is 4.74 Å². The number of ketones is 1. The molecule has 0 aromatic heterocycles. The molecule has 0 saturated carbocycles. The van der Waals surface area contributed by atoms with E-state index in [-0.39, 0.29) is 5.78 Å². The van der Waals surface area contributed by atoms with E-state index in [2.05, 4.69) is 15.9 Å². The summed E-state index contributed by atoms with van der Waals surface area (Å²) in [5, 5.41) is 0.666. The highest BCUT2D eigenvalue weighted by atomic mass is 79.9. The van der Waals surface area contributed by atoms with Crippen molar-refractivity contribution in [2.45, 2.75) is 12.3 Å². The first-order valence-electron chi connectivity index (χ1n) is 3.93. The third-order valence-corrected chi connectivity index (χ3v) is 2.44. The molecule has 2 nitrogen and oxygen atoms in total. The lowest BCUT2D eigenvalue weighted by Crippen LogP contribution is -1.98. The first-order chi connectivity index (χ1) is 6.19. The van der Waals surface area contributed by atoms with E-state index in [1.165, 1.54) is 0 Å². The van der Waals surface area contributed by atoms with Crippen molar-refractivity contribution < 1.29 is 9.53 Å². The number of carbonyl (C=O) groups is 1. The van der Waals surface area contributed by atoms with Gasteiger partial charge in [0.05, 0.1) is 7.11 Å². The van der Waals surface area contributed by atoms with Gasteiger partial charge in [-0.15, -0.1) is 0 Å². The van der Waals surface area contributed by atoms with Gasteiger partial charge in [-0.1, -0.05) is 15.9 Å². The molecule has 0 unspecified atom stereocenters. The van der Waals surface area contributed by atoms with E-state index in [1.54, 1.807) is 26.2 Å². The monoisotopic (exact) mass is 242 g/mol. The first kappa shape index (κ1) is 10.3. The molecule has 0 N–H and O–H groups in total. The Kier molecular flexibility index (Phi) is 3.48. The van der Waals surface area contributed by atoms with Crippen molar-refractivity contribution in [1.29, 1.82) is 0 Å². The van der Waals surface area contributed by atoms with E-state index in [4.69, 9.17) is 4.74 Å². The Morgan fingerprint density at radius 3 is 2.69 bits per heavy atom. The third-order valence-electron chi connectivity index (χ3n) is 1.84. The van der Waals surface area contributed by atoms with E-state index in [1.807, 2.05) is 6.07 Å². The summed E-state index contributed by atoms with van der Waals surface area (Å²) in [6.07, 6.45) is 0. The minimum absolute atomic E-state index is 0.0807. The second-order valence-corrected chi connectivity index (χ2v) is 3.27. The van der Waals surface area contributed by atoms with Crippen molar-refractivity contribution in [3.8, 4) is 5.75 Å². The highest BCUT2D eigenvalue weighted by Crippen LogP contribution is 2.20. The number of carbonyl (C=O) groups excluding carboxylic acids is 1. The second kappa shape index (κ2) is 4.42. The molecule has 0 saturated heterocycles. The van der Waals surface area contributed by atoms with Crippen LogP contribution in [0.15, 0.2) is 18.2 Å². The molecule has 3 heteroatoms. The Labute approximate surface area is 86.0 Å². The standard InChI is InChI=1S/C10H11BrO2/c1-7(12)10-4-3-9(13-2)5-8(10)6-11/h3-5H,6H2,1-2H3. The molecule has 0 heterocycles. The number of halogens is 1. The van der Waals surface area contributed by atoms with Gasteiger partial charge in [0.15, 0.2) is 5.78 Å². The minimum atomic E-state index is 0.0807. The Morgan fingerprint density at radius 1 is 1.54 bits per heavy atom. The number of ether oxygens (including phenoxy) is 1. The molecule has 0 aliphatic carbocycles. The first-order valence-corrected chi connectivity index (χ1v) is 5.05. The van der Waals surface area contributed by atoms with Gasteiger partial charge in [0.25, 0.3) is 0 Å². The van der Waals surface area contributed by atoms with Gasteiger partial charge in [0, 0.05) is 10.9 Å². The number of benzene rings is 1. The van der Waals surface area contributed by atoms with Gasteiger partial charge in [-0.2, -0.15) is 0 Å². The van der Waals surface area contributed by atoms with Crippen molar-refractivity contribution in [1.82, 2.24) is 0 Å². The van der Waals surface area contributed by atoms with Gasteiger partial charge >= 0.3 is 0 Å². The molecule has 0 amide bonds. The number of hydrogen-bond donors (Lipinski definition) is 0. The molecular weight excluding hydrogens is 232 g/mol. The molecule has 0 fully saturated rings. The van der Waals surface area contributed by atoms with Crippen LogP contribution in [0.1, 0.15) is 22.8 Å². The summed E-state index contributed by atoms with van der Waals surface area (Å²) in [6, 6.07) is 5.45. The summed E-state index contributed by atoms with van der Waals surface area (Å²) in [4.78, 5) is 11.2. The summed E-state index contributed by atoms with van der Waals surface area (Å²) in [7, 11) is 1.61. The molecule has 1 aromatic rings. The summed E-state index contributed by atoms with van der Waals surface area (Å²) < 4.78 is 5.06. The number of alkyl halides is 1. The quantitative estimate of drug-likeness (QED) is 0.602. The average Bonchev–Trinajstić information content (AvgIpc) is 2.16. The van der Waals surface area contributed by atoms with Crippen LogP contribution >= 0.6 is 15.9 Å².